The molecule has 2 N–H and O–H groups in total. The number of nitrogens with zero attached hydrogens (tertiary/aromatic N) is 1. The summed E-state index contributed by atoms with van der Waals surface area (Å²) in [5, 5.41) is 6.14. The second-order valence-corrected chi connectivity index (χ2v) is 5.64. The summed E-state index contributed by atoms with van der Waals surface area (Å²) in [4.78, 5) is 14.3. The SMILES string of the molecule is Cc1ccc(NC(=O)CNCC(C)N2CCCC2)cc1. The molecule has 4 heteroatoms. The van der Waals surface area contributed by atoms with Crippen molar-refractivity contribution in [2.45, 2.75) is 32.7 Å². The lowest BCUT2D eigenvalue weighted by molar-refractivity contribution is -0.115. The fourth-order valence-corrected chi connectivity index (χ4v) is 2.55. The van der Waals surface area contributed by atoms with Crippen molar-refractivity contribution in [2.24, 2.45) is 0 Å². The second-order valence-electron chi connectivity index (χ2n) is 5.64. The first-order chi connectivity index (χ1) is 9.65. The summed E-state index contributed by atoms with van der Waals surface area (Å²) < 4.78 is 0. The van der Waals surface area contributed by atoms with Gasteiger partial charge in [-0.05, 0) is 51.9 Å². The molecule has 1 unspecified atom stereocenters. The number of anilines is 1. The van der Waals surface area contributed by atoms with Crippen LogP contribution >= 0.6 is 0 Å². The minimum atomic E-state index is 0.0162. The summed E-state index contributed by atoms with van der Waals surface area (Å²) in [6, 6.07) is 8.36. The zero-order chi connectivity index (χ0) is 14.4. The highest BCUT2D eigenvalue weighted by atomic mass is 16.1. The van der Waals surface area contributed by atoms with Crippen LogP contribution in [0.25, 0.3) is 0 Å². The van der Waals surface area contributed by atoms with Crippen LogP contribution in [0, 0.1) is 6.92 Å². The Labute approximate surface area is 121 Å². The van der Waals surface area contributed by atoms with Crippen molar-refractivity contribution in [3.63, 3.8) is 0 Å². The van der Waals surface area contributed by atoms with Crippen molar-refractivity contribution in [2.75, 3.05) is 31.5 Å². The van der Waals surface area contributed by atoms with Crippen LogP contribution in [0.1, 0.15) is 25.3 Å². The van der Waals surface area contributed by atoms with Crippen molar-refractivity contribution >= 4 is 11.6 Å². The lowest BCUT2D eigenvalue weighted by Crippen LogP contribution is -2.40. The molecule has 0 bridgehead atoms. The summed E-state index contributed by atoms with van der Waals surface area (Å²) >= 11 is 0. The van der Waals surface area contributed by atoms with Gasteiger partial charge in [0.25, 0.3) is 0 Å². The molecule has 0 spiro atoms. The molecule has 1 aliphatic heterocycles. The van der Waals surface area contributed by atoms with E-state index in [1.54, 1.807) is 0 Å². The Balaban J connectivity index is 1.65. The lowest BCUT2D eigenvalue weighted by atomic mass is 10.2. The second kappa shape index (κ2) is 7.41. The Hall–Kier alpha value is -1.39. The Morgan fingerprint density at radius 3 is 2.55 bits per heavy atom. The minimum absolute atomic E-state index is 0.0162. The van der Waals surface area contributed by atoms with Gasteiger partial charge in [-0.15, -0.1) is 0 Å². The number of amides is 1. The number of benzene rings is 1. The van der Waals surface area contributed by atoms with Crippen molar-refractivity contribution in [1.82, 2.24) is 10.2 Å². The molecule has 1 aromatic rings. The van der Waals surface area contributed by atoms with E-state index in [4.69, 9.17) is 0 Å². The number of hydrogen-bond acceptors (Lipinski definition) is 3. The van der Waals surface area contributed by atoms with Crippen LogP contribution in [-0.2, 0) is 4.79 Å². The summed E-state index contributed by atoms with van der Waals surface area (Å²) in [6.07, 6.45) is 2.61. The highest BCUT2D eigenvalue weighted by Gasteiger charge is 2.17. The van der Waals surface area contributed by atoms with Gasteiger partial charge in [0, 0.05) is 18.3 Å². The normalized spacial score (nSPS) is 17.1. The van der Waals surface area contributed by atoms with Crippen molar-refractivity contribution in [1.29, 1.82) is 0 Å². The molecule has 1 atom stereocenters. The summed E-state index contributed by atoms with van der Waals surface area (Å²) in [7, 11) is 0. The molecular formula is C16H25N3O. The Morgan fingerprint density at radius 1 is 1.25 bits per heavy atom. The van der Waals surface area contributed by atoms with E-state index in [2.05, 4.69) is 22.5 Å². The van der Waals surface area contributed by atoms with Crippen molar-refractivity contribution < 1.29 is 4.79 Å². The van der Waals surface area contributed by atoms with Gasteiger partial charge in [0.05, 0.1) is 6.54 Å². The number of carbonyl (C=O) groups excluding carboxylic acids is 1. The number of likely N-dealkylation sites (tertiary alicyclic amines) is 1. The van der Waals surface area contributed by atoms with E-state index in [0.29, 0.717) is 12.6 Å². The van der Waals surface area contributed by atoms with Crippen molar-refractivity contribution in [3.8, 4) is 0 Å². The van der Waals surface area contributed by atoms with Crippen LogP contribution in [0.3, 0.4) is 0 Å². The maximum atomic E-state index is 11.8. The molecule has 1 amide bonds. The molecule has 1 aliphatic rings. The van der Waals surface area contributed by atoms with Crippen molar-refractivity contribution in [3.05, 3.63) is 29.8 Å². The van der Waals surface area contributed by atoms with Crippen LogP contribution in [0.5, 0.6) is 0 Å². The fraction of sp³-hybridized carbons (Fsp3) is 0.562. The molecule has 1 fully saturated rings. The van der Waals surface area contributed by atoms with E-state index in [1.807, 2.05) is 31.2 Å². The summed E-state index contributed by atoms with van der Waals surface area (Å²) in [5.74, 6) is 0.0162. The topological polar surface area (TPSA) is 44.4 Å². The van der Waals surface area contributed by atoms with E-state index in [9.17, 15) is 4.79 Å². The fourth-order valence-electron chi connectivity index (χ4n) is 2.55. The van der Waals surface area contributed by atoms with E-state index < -0.39 is 0 Å². The van der Waals surface area contributed by atoms with Gasteiger partial charge >= 0.3 is 0 Å². The maximum absolute atomic E-state index is 11.8. The first kappa shape index (κ1) is 15.0. The molecule has 0 aromatic heterocycles. The zero-order valence-electron chi connectivity index (χ0n) is 12.5. The molecule has 0 aliphatic carbocycles. The minimum Gasteiger partial charge on any atom is -0.325 e. The molecule has 1 heterocycles. The third-order valence-electron chi connectivity index (χ3n) is 3.82. The third-order valence-corrected chi connectivity index (χ3v) is 3.82. The number of rotatable bonds is 6. The number of hydrogen-bond donors (Lipinski definition) is 2. The molecule has 0 saturated carbocycles. The first-order valence-electron chi connectivity index (χ1n) is 7.46. The average molecular weight is 275 g/mol. The average Bonchev–Trinajstić information content (AvgIpc) is 2.95. The van der Waals surface area contributed by atoms with Crippen LogP contribution in [0.2, 0.25) is 0 Å². The van der Waals surface area contributed by atoms with Gasteiger partial charge in [0.1, 0.15) is 0 Å². The molecular weight excluding hydrogens is 250 g/mol. The molecule has 20 heavy (non-hydrogen) atoms. The molecule has 0 radical (unpaired) electrons. The van der Waals surface area contributed by atoms with Gasteiger partial charge < -0.3 is 10.6 Å². The van der Waals surface area contributed by atoms with Crippen LogP contribution in [0.15, 0.2) is 24.3 Å². The lowest BCUT2D eigenvalue weighted by Gasteiger charge is -2.23. The highest BCUT2D eigenvalue weighted by molar-refractivity contribution is 5.92. The van der Waals surface area contributed by atoms with E-state index in [-0.39, 0.29) is 5.91 Å². The van der Waals surface area contributed by atoms with Gasteiger partial charge in [-0.3, -0.25) is 9.69 Å². The highest BCUT2D eigenvalue weighted by Crippen LogP contribution is 2.11. The van der Waals surface area contributed by atoms with Gasteiger partial charge in [0.15, 0.2) is 0 Å². The summed E-state index contributed by atoms with van der Waals surface area (Å²) in [6.45, 7) is 7.87. The zero-order valence-corrected chi connectivity index (χ0v) is 12.5. The Morgan fingerprint density at radius 2 is 1.90 bits per heavy atom. The first-order valence-corrected chi connectivity index (χ1v) is 7.46. The monoisotopic (exact) mass is 275 g/mol. The molecule has 1 saturated heterocycles. The van der Waals surface area contributed by atoms with Gasteiger partial charge in [0.2, 0.25) is 5.91 Å². The summed E-state index contributed by atoms with van der Waals surface area (Å²) in [5.41, 5.74) is 2.05. The van der Waals surface area contributed by atoms with Crippen LogP contribution in [-0.4, -0.2) is 43.0 Å². The van der Waals surface area contributed by atoms with E-state index >= 15 is 0 Å². The van der Waals surface area contributed by atoms with Gasteiger partial charge in [-0.25, -0.2) is 0 Å². The Kier molecular flexibility index (Phi) is 5.56. The maximum Gasteiger partial charge on any atom is 0.238 e. The molecule has 4 nitrogen and oxygen atoms in total. The van der Waals surface area contributed by atoms with Gasteiger partial charge in [-0.1, -0.05) is 17.7 Å². The largest absolute Gasteiger partial charge is 0.325 e. The third kappa shape index (κ3) is 4.62. The van der Waals surface area contributed by atoms with Gasteiger partial charge in [-0.2, -0.15) is 0 Å². The van der Waals surface area contributed by atoms with E-state index in [0.717, 1.165) is 12.2 Å². The predicted octanol–water partition coefficient (Wildman–Crippen LogP) is 2.01. The van der Waals surface area contributed by atoms with Crippen LogP contribution in [0.4, 0.5) is 5.69 Å². The predicted molar refractivity (Wildman–Crippen MR) is 82.9 cm³/mol. The quantitative estimate of drug-likeness (QED) is 0.834. The molecule has 110 valence electrons. The smallest absolute Gasteiger partial charge is 0.238 e. The van der Waals surface area contributed by atoms with E-state index in [1.165, 1.54) is 31.5 Å². The number of nitrogens with one attached hydrogen (secondary N) is 2. The van der Waals surface area contributed by atoms with Crippen LogP contribution < -0.4 is 10.6 Å². The number of carbonyl (C=O) groups is 1. The molecule has 2 rings (SSSR count). The number of aryl methyl sites for hydroxylation is 1. The standard InChI is InChI=1S/C16H25N3O/c1-13-5-7-15(8-6-13)18-16(20)12-17-11-14(2)19-9-3-4-10-19/h5-8,14,17H,3-4,9-12H2,1-2H3,(H,18,20). The Bertz CT molecular complexity index is 424. The molecule has 1 aromatic carbocycles.